The first-order valence-corrected chi connectivity index (χ1v) is 8.24. The fourth-order valence-corrected chi connectivity index (χ4v) is 2.63. The number of rotatable bonds is 4. The number of carbonyl (C=O) groups excluding carboxylic acids is 1. The minimum absolute atomic E-state index is 0.0565. The molecule has 25 heavy (non-hydrogen) atoms. The van der Waals surface area contributed by atoms with Gasteiger partial charge in [-0.15, -0.1) is 0 Å². The van der Waals surface area contributed by atoms with E-state index in [0.29, 0.717) is 0 Å². The smallest absolute Gasteiger partial charge is 0.311 e. The number of nitro benzene ring substituents is 1. The van der Waals surface area contributed by atoms with Crippen LogP contribution in [0, 0.1) is 15.5 Å². The second-order valence-electron chi connectivity index (χ2n) is 6.52. The molecule has 9 heteroatoms. The van der Waals surface area contributed by atoms with Crippen LogP contribution in [-0.4, -0.2) is 35.7 Å². The number of nitro groups is 1. The molecule has 0 spiro atoms. The van der Waals surface area contributed by atoms with Crippen LogP contribution in [-0.2, 0) is 16.1 Å². The number of aromatic hydroxyl groups is 2. The molecule has 0 fully saturated rings. The van der Waals surface area contributed by atoms with Crippen molar-refractivity contribution < 1.29 is 29.5 Å². The maximum absolute atomic E-state index is 11.9. The van der Waals surface area contributed by atoms with Crippen molar-refractivity contribution in [3.05, 3.63) is 33.9 Å². The van der Waals surface area contributed by atoms with E-state index < -0.39 is 26.1 Å². The number of hydrogen-bond acceptors (Lipinski definition) is 7. The van der Waals surface area contributed by atoms with E-state index >= 15 is 0 Å². The Labute approximate surface area is 145 Å². The van der Waals surface area contributed by atoms with Crippen molar-refractivity contribution in [2.24, 2.45) is 5.41 Å². The van der Waals surface area contributed by atoms with Crippen molar-refractivity contribution in [3.8, 4) is 11.5 Å². The summed E-state index contributed by atoms with van der Waals surface area (Å²) in [6, 6.07) is 3.73. The third-order valence-corrected chi connectivity index (χ3v) is 4.29. The summed E-state index contributed by atoms with van der Waals surface area (Å²) in [5, 5.41) is 31.7. The van der Waals surface area contributed by atoms with Gasteiger partial charge in [0.05, 0.1) is 21.1 Å². The number of ether oxygens (including phenoxy) is 1. The maximum atomic E-state index is 11.9. The lowest BCUT2D eigenvalue weighted by atomic mass is 9.97. The zero-order chi connectivity index (χ0) is 18.9. The second kappa shape index (κ2) is 6.69. The predicted octanol–water partition coefficient (Wildman–Crippen LogP) is 1.49. The Morgan fingerprint density at radius 3 is 2.44 bits per heavy atom. The first-order chi connectivity index (χ1) is 11.6. The number of hydrogen-bond donors (Lipinski definition) is 3. The Balaban J connectivity index is 2.56. The van der Waals surface area contributed by atoms with Gasteiger partial charge in [-0.25, -0.2) is 0 Å². The molecule has 8 nitrogen and oxygen atoms in total. The lowest BCUT2D eigenvalue weighted by molar-refractivity contribution is -0.385. The summed E-state index contributed by atoms with van der Waals surface area (Å²) in [6.07, 6.45) is 0. The van der Waals surface area contributed by atoms with E-state index in [1.807, 2.05) is 0 Å². The van der Waals surface area contributed by atoms with Gasteiger partial charge in [-0.2, -0.15) is 0 Å². The molecule has 0 aromatic heterocycles. The van der Waals surface area contributed by atoms with Crippen LogP contribution in [0.15, 0.2) is 18.2 Å². The van der Waals surface area contributed by atoms with Crippen molar-refractivity contribution >= 4 is 37.4 Å². The molecule has 0 heterocycles. The largest absolute Gasteiger partial charge is 0.508 e. The number of nitrogens with zero attached hydrogens (tertiary/aromatic N) is 1. The molecule has 0 saturated heterocycles. The highest BCUT2D eigenvalue weighted by atomic mass is 28.2. The van der Waals surface area contributed by atoms with Crippen molar-refractivity contribution in [2.75, 3.05) is 0 Å². The van der Waals surface area contributed by atoms with Gasteiger partial charge in [-0.05, 0) is 38.3 Å². The number of carbonyl (C=O) groups is 1. The first-order valence-electron chi connectivity index (χ1n) is 7.29. The van der Waals surface area contributed by atoms with Crippen LogP contribution in [0.5, 0.6) is 11.5 Å². The average Bonchev–Trinajstić information content (AvgIpc) is 2.51. The molecule has 0 saturated carbocycles. The Kier molecular flexibility index (Phi) is 5.00. The summed E-state index contributed by atoms with van der Waals surface area (Å²) in [5.74, 6) is -1.24. The Morgan fingerprint density at radius 2 is 1.92 bits per heavy atom. The average molecular weight is 363 g/mol. The highest BCUT2D eigenvalue weighted by molar-refractivity contribution is 6.49. The molecular formula is C16H17NO7Si. The number of phenolic OH excluding ortho intramolecular Hbond substituents is 2. The zero-order valence-corrected chi connectivity index (χ0v) is 14.9. The van der Waals surface area contributed by atoms with E-state index in [1.54, 1.807) is 20.8 Å². The van der Waals surface area contributed by atoms with E-state index in [-0.39, 0.29) is 45.3 Å². The molecule has 132 valence electrons. The molecule has 0 atom stereocenters. The summed E-state index contributed by atoms with van der Waals surface area (Å²) in [4.78, 5) is 31.8. The first kappa shape index (κ1) is 18.7. The molecule has 2 radical (unpaired) electrons. The third kappa shape index (κ3) is 3.72. The lowest BCUT2D eigenvalue weighted by Crippen LogP contribution is -2.22. The van der Waals surface area contributed by atoms with Crippen molar-refractivity contribution in [1.29, 1.82) is 0 Å². The fraction of sp³-hybridized carbons (Fsp3) is 0.312. The highest BCUT2D eigenvalue weighted by Crippen LogP contribution is 2.33. The second-order valence-corrected chi connectivity index (χ2v) is 7.24. The summed E-state index contributed by atoms with van der Waals surface area (Å²) in [5.41, 5.74) is -0.958. The topological polar surface area (TPSA) is 130 Å². The van der Waals surface area contributed by atoms with Gasteiger partial charge in [0.25, 0.3) is 15.5 Å². The molecular weight excluding hydrogens is 346 g/mol. The van der Waals surface area contributed by atoms with Crippen molar-refractivity contribution in [1.82, 2.24) is 0 Å². The Hall–Kier alpha value is -2.65. The van der Waals surface area contributed by atoms with E-state index in [2.05, 4.69) is 0 Å². The molecule has 0 aliphatic carbocycles. The van der Waals surface area contributed by atoms with E-state index in [9.17, 15) is 29.9 Å². The number of fused-ring (bicyclic) bond motifs is 1. The molecule has 0 aliphatic rings. The zero-order valence-electron chi connectivity index (χ0n) is 13.9. The van der Waals surface area contributed by atoms with Crippen LogP contribution >= 0.6 is 0 Å². The predicted molar refractivity (Wildman–Crippen MR) is 90.8 cm³/mol. The van der Waals surface area contributed by atoms with Crippen LogP contribution in [0.1, 0.15) is 26.3 Å². The van der Waals surface area contributed by atoms with Gasteiger partial charge in [-0.3, -0.25) is 14.9 Å². The van der Waals surface area contributed by atoms with Gasteiger partial charge < -0.3 is 19.7 Å². The minimum Gasteiger partial charge on any atom is -0.508 e. The summed E-state index contributed by atoms with van der Waals surface area (Å²) >= 11 is 0. The van der Waals surface area contributed by atoms with Gasteiger partial charge in [0, 0.05) is 11.5 Å². The monoisotopic (exact) mass is 363 g/mol. The SMILES string of the molecule is CC(C)(C)C(=O)OCc1cc2c(O)c([Si]O)c(O)cc2cc1[N+](=O)[O-]. The molecule has 2 aromatic rings. The highest BCUT2D eigenvalue weighted by Gasteiger charge is 2.25. The third-order valence-electron chi connectivity index (χ3n) is 3.57. The molecule has 0 amide bonds. The molecule has 0 aliphatic heterocycles. The Bertz CT molecular complexity index is 858. The van der Waals surface area contributed by atoms with Crippen LogP contribution < -0.4 is 5.19 Å². The fourth-order valence-electron chi connectivity index (χ4n) is 2.20. The van der Waals surface area contributed by atoms with Crippen LogP contribution in [0.2, 0.25) is 0 Å². The molecule has 2 aromatic carbocycles. The Morgan fingerprint density at radius 1 is 1.28 bits per heavy atom. The summed E-state index contributed by atoms with van der Waals surface area (Å²) in [7, 11) is -0.850. The number of esters is 1. The molecule has 3 N–H and O–H groups in total. The molecule has 0 bridgehead atoms. The van der Waals surface area contributed by atoms with E-state index in [1.165, 1.54) is 18.2 Å². The quantitative estimate of drug-likeness (QED) is 0.325. The number of benzene rings is 2. The lowest BCUT2D eigenvalue weighted by Gasteiger charge is -2.17. The normalized spacial score (nSPS) is 11.5. The number of phenols is 2. The van der Waals surface area contributed by atoms with Gasteiger partial charge >= 0.3 is 5.97 Å². The van der Waals surface area contributed by atoms with Gasteiger partial charge in [0.1, 0.15) is 18.1 Å². The van der Waals surface area contributed by atoms with Crippen LogP contribution in [0.25, 0.3) is 10.8 Å². The van der Waals surface area contributed by atoms with Gasteiger partial charge in [0.15, 0.2) is 0 Å². The van der Waals surface area contributed by atoms with Crippen LogP contribution in [0.3, 0.4) is 0 Å². The maximum Gasteiger partial charge on any atom is 0.311 e. The van der Waals surface area contributed by atoms with Crippen LogP contribution in [0.4, 0.5) is 5.69 Å². The van der Waals surface area contributed by atoms with Gasteiger partial charge in [0.2, 0.25) is 0 Å². The minimum atomic E-state index is -0.850. The van der Waals surface area contributed by atoms with E-state index in [4.69, 9.17) is 4.74 Å². The molecule has 2 rings (SSSR count). The van der Waals surface area contributed by atoms with Crippen molar-refractivity contribution in [2.45, 2.75) is 27.4 Å². The summed E-state index contributed by atoms with van der Waals surface area (Å²) < 4.78 is 5.13. The standard InChI is InChI=1S/C16H17NO7Si/c1-16(2,3)15(20)24-7-9-4-10-8(5-11(9)17(21)22)6-12(18)14(25-23)13(10)19/h4-6,18-19,23H,7H2,1-3H3. The van der Waals surface area contributed by atoms with Crippen molar-refractivity contribution in [3.63, 3.8) is 0 Å². The van der Waals surface area contributed by atoms with Gasteiger partial charge in [-0.1, -0.05) is 0 Å². The van der Waals surface area contributed by atoms with E-state index in [0.717, 1.165) is 0 Å². The summed E-state index contributed by atoms with van der Waals surface area (Å²) in [6.45, 7) is 4.65. The molecule has 0 unspecified atom stereocenters.